The van der Waals surface area contributed by atoms with Crippen LogP contribution < -0.4 is 10.2 Å². The fraction of sp³-hybridized carbons (Fsp3) is 0.583. The third-order valence-electron chi connectivity index (χ3n) is 2.95. The van der Waals surface area contributed by atoms with Gasteiger partial charge in [0, 0.05) is 25.2 Å². The van der Waals surface area contributed by atoms with E-state index in [2.05, 4.69) is 15.3 Å². The van der Waals surface area contributed by atoms with Crippen LogP contribution in [-0.4, -0.2) is 35.0 Å². The first-order valence-corrected chi connectivity index (χ1v) is 6.22. The van der Waals surface area contributed by atoms with E-state index in [4.69, 9.17) is 0 Å². The van der Waals surface area contributed by atoms with Crippen LogP contribution in [0, 0.1) is 5.92 Å². The second-order valence-electron chi connectivity index (χ2n) is 5.02. The molecule has 1 aromatic rings. The molecule has 0 spiro atoms. The average molecular weight is 288 g/mol. The molecular weight excluding hydrogens is 273 g/mol. The van der Waals surface area contributed by atoms with E-state index in [1.807, 2.05) is 13.8 Å². The molecule has 110 valence electrons. The van der Waals surface area contributed by atoms with Crippen LogP contribution >= 0.6 is 0 Å². The molecule has 1 amide bonds. The van der Waals surface area contributed by atoms with Crippen LogP contribution in [0.4, 0.5) is 19.0 Å². The monoisotopic (exact) mass is 288 g/mol. The number of hydrogen-bond acceptors (Lipinski definition) is 4. The van der Waals surface area contributed by atoms with Gasteiger partial charge in [-0.05, 0) is 13.8 Å². The van der Waals surface area contributed by atoms with Crippen molar-refractivity contribution < 1.29 is 18.0 Å². The van der Waals surface area contributed by atoms with Crippen LogP contribution in [0.25, 0.3) is 0 Å². The second kappa shape index (κ2) is 5.26. The zero-order chi connectivity index (χ0) is 14.9. The zero-order valence-corrected chi connectivity index (χ0v) is 11.1. The van der Waals surface area contributed by atoms with Crippen molar-refractivity contribution in [2.45, 2.75) is 26.1 Å². The Balaban J connectivity index is 1.98. The summed E-state index contributed by atoms with van der Waals surface area (Å²) in [7, 11) is 0. The zero-order valence-electron chi connectivity index (χ0n) is 11.1. The minimum absolute atomic E-state index is 0.0485. The Bertz CT molecular complexity index is 498. The molecule has 0 aliphatic carbocycles. The number of amides is 1. The van der Waals surface area contributed by atoms with Gasteiger partial charge < -0.3 is 10.2 Å². The minimum atomic E-state index is -4.49. The van der Waals surface area contributed by atoms with E-state index in [0.29, 0.717) is 13.1 Å². The quantitative estimate of drug-likeness (QED) is 0.914. The predicted molar refractivity (Wildman–Crippen MR) is 66.0 cm³/mol. The smallest absolute Gasteiger partial charge is 0.355 e. The first-order valence-electron chi connectivity index (χ1n) is 6.22. The Hall–Kier alpha value is -1.86. The highest BCUT2D eigenvalue weighted by molar-refractivity contribution is 5.81. The molecule has 1 aliphatic heterocycles. The van der Waals surface area contributed by atoms with Crippen LogP contribution in [0.15, 0.2) is 12.4 Å². The first-order chi connectivity index (χ1) is 9.27. The summed E-state index contributed by atoms with van der Waals surface area (Å²) in [5, 5.41) is 2.77. The average Bonchev–Trinajstić information content (AvgIpc) is 2.25. The summed E-state index contributed by atoms with van der Waals surface area (Å²) >= 11 is 0. The molecule has 5 nitrogen and oxygen atoms in total. The maximum Gasteiger partial charge on any atom is 0.433 e. The van der Waals surface area contributed by atoms with E-state index in [-0.39, 0.29) is 23.7 Å². The van der Waals surface area contributed by atoms with Crippen molar-refractivity contribution in [3.8, 4) is 0 Å². The topological polar surface area (TPSA) is 58.1 Å². The number of rotatable bonds is 3. The van der Waals surface area contributed by atoms with E-state index in [1.54, 1.807) is 4.90 Å². The van der Waals surface area contributed by atoms with Crippen molar-refractivity contribution in [3.05, 3.63) is 18.1 Å². The lowest BCUT2D eigenvalue weighted by atomic mass is 9.99. The van der Waals surface area contributed by atoms with Crippen molar-refractivity contribution in [2.75, 3.05) is 18.0 Å². The van der Waals surface area contributed by atoms with Gasteiger partial charge in [0.15, 0.2) is 0 Å². The van der Waals surface area contributed by atoms with Gasteiger partial charge in [-0.15, -0.1) is 0 Å². The molecule has 8 heteroatoms. The van der Waals surface area contributed by atoms with Crippen LogP contribution in [0.1, 0.15) is 19.5 Å². The van der Waals surface area contributed by atoms with Crippen molar-refractivity contribution in [1.29, 1.82) is 0 Å². The number of nitrogens with one attached hydrogen (secondary N) is 1. The molecule has 0 unspecified atom stereocenters. The fourth-order valence-corrected chi connectivity index (χ4v) is 1.91. The van der Waals surface area contributed by atoms with E-state index in [9.17, 15) is 18.0 Å². The number of alkyl halides is 3. The van der Waals surface area contributed by atoms with Crippen molar-refractivity contribution in [2.24, 2.45) is 5.92 Å². The number of hydrogen-bond donors (Lipinski definition) is 1. The number of carbonyl (C=O) groups excluding carboxylic acids is 1. The lowest BCUT2D eigenvalue weighted by Crippen LogP contribution is -2.55. The highest BCUT2D eigenvalue weighted by Crippen LogP contribution is 2.30. The summed E-state index contributed by atoms with van der Waals surface area (Å²) in [5.74, 6) is -0.0935. The molecule has 1 saturated heterocycles. The number of carbonyl (C=O) groups is 1. The van der Waals surface area contributed by atoms with E-state index in [1.165, 1.54) is 0 Å². The lowest BCUT2D eigenvalue weighted by Gasteiger charge is -2.39. The maximum atomic E-state index is 12.5. The summed E-state index contributed by atoms with van der Waals surface area (Å²) in [6, 6.07) is 0.948. The minimum Gasteiger partial charge on any atom is -0.355 e. The Morgan fingerprint density at radius 2 is 2.05 bits per heavy atom. The van der Waals surface area contributed by atoms with Gasteiger partial charge in [0.25, 0.3) is 0 Å². The largest absolute Gasteiger partial charge is 0.433 e. The van der Waals surface area contributed by atoms with Crippen LogP contribution in [0.2, 0.25) is 0 Å². The van der Waals surface area contributed by atoms with Crippen LogP contribution in [0.5, 0.6) is 0 Å². The SMILES string of the molecule is CC(C)NC(=O)C1CN(c2cc(C(F)(F)F)ncn2)C1. The molecule has 0 saturated carbocycles. The van der Waals surface area contributed by atoms with Gasteiger partial charge in [-0.25, -0.2) is 9.97 Å². The third-order valence-corrected chi connectivity index (χ3v) is 2.95. The van der Waals surface area contributed by atoms with Gasteiger partial charge in [-0.3, -0.25) is 4.79 Å². The van der Waals surface area contributed by atoms with Crippen molar-refractivity contribution in [1.82, 2.24) is 15.3 Å². The van der Waals surface area contributed by atoms with Gasteiger partial charge >= 0.3 is 6.18 Å². The van der Waals surface area contributed by atoms with Crippen molar-refractivity contribution >= 4 is 11.7 Å². The lowest BCUT2D eigenvalue weighted by molar-refractivity contribution is -0.141. The summed E-state index contributed by atoms with van der Waals surface area (Å²) < 4.78 is 37.6. The van der Waals surface area contributed by atoms with Gasteiger partial charge in [0.2, 0.25) is 5.91 Å². The van der Waals surface area contributed by atoms with Gasteiger partial charge in [-0.1, -0.05) is 0 Å². The summed E-state index contributed by atoms with van der Waals surface area (Å²) in [6.07, 6.45) is -3.60. The second-order valence-corrected chi connectivity index (χ2v) is 5.02. The van der Waals surface area contributed by atoms with E-state index in [0.717, 1.165) is 12.4 Å². The summed E-state index contributed by atoms with van der Waals surface area (Å²) in [6.45, 7) is 4.45. The van der Waals surface area contributed by atoms with Crippen LogP contribution in [-0.2, 0) is 11.0 Å². The summed E-state index contributed by atoms with van der Waals surface area (Å²) in [4.78, 5) is 20.3. The molecule has 0 aromatic carbocycles. The molecule has 2 rings (SSSR count). The van der Waals surface area contributed by atoms with E-state index >= 15 is 0 Å². The highest BCUT2D eigenvalue weighted by atomic mass is 19.4. The van der Waals surface area contributed by atoms with Crippen LogP contribution in [0.3, 0.4) is 0 Å². The Morgan fingerprint density at radius 1 is 1.40 bits per heavy atom. The molecular formula is C12H15F3N4O. The van der Waals surface area contributed by atoms with Gasteiger partial charge in [-0.2, -0.15) is 13.2 Å². The summed E-state index contributed by atoms with van der Waals surface area (Å²) in [5.41, 5.74) is -0.974. The number of anilines is 1. The Kier molecular flexibility index (Phi) is 3.82. The molecule has 1 aromatic heterocycles. The standard InChI is InChI=1S/C12H15F3N4O/c1-7(2)18-11(20)8-4-19(5-8)10-3-9(12(13,14)15)16-6-17-10/h3,6-8H,4-5H2,1-2H3,(H,18,20). The molecule has 2 heterocycles. The Labute approximate surface area is 114 Å². The molecule has 0 atom stereocenters. The number of aromatic nitrogens is 2. The molecule has 0 bridgehead atoms. The highest BCUT2D eigenvalue weighted by Gasteiger charge is 2.36. The third kappa shape index (κ3) is 3.17. The van der Waals surface area contributed by atoms with Crippen molar-refractivity contribution in [3.63, 3.8) is 0 Å². The molecule has 1 N–H and O–H groups in total. The molecule has 1 aliphatic rings. The Morgan fingerprint density at radius 3 is 2.60 bits per heavy atom. The predicted octanol–water partition coefficient (Wildman–Crippen LogP) is 1.46. The maximum absolute atomic E-state index is 12.5. The number of halogens is 3. The van der Waals surface area contributed by atoms with Gasteiger partial charge in [0.05, 0.1) is 5.92 Å². The fourth-order valence-electron chi connectivity index (χ4n) is 1.91. The molecule has 0 radical (unpaired) electrons. The number of nitrogens with zero attached hydrogens (tertiary/aromatic N) is 3. The van der Waals surface area contributed by atoms with E-state index < -0.39 is 11.9 Å². The first kappa shape index (κ1) is 14.5. The van der Waals surface area contributed by atoms with Gasteiger partial charge in [0.1, 0.15) is 17.8 Å². The molecule has 1 fully saturated rings. The molecule has 20 heavy (non-hydrogen) atoms. The normalized spacial score (nSPS) is 16.2.